The zero-order chi connectivity index (χ0) is 38.4. The van der Waals surface area contributed by atoms with E-state index in [1.807, 2.05) is 121 Å². The smallest absolute Gasteiger partial charge is 0.266 e. The van der Waals surface area contributed by atoms with Crippen LogP contribution in [-0.4, -0.2) is 33.6 Å². The number of anilines is 2. The molecule has 9 aromatic rings. The second-order valence-electron chi connectivity index (χ2n) is 14.2. The van der Waals surface area contributed by atoms with Gasteiger partial charge in [0.05, 0.1) is 44.7 Å². The van der Waals surface area contributed by atoms with Crippen LogP contribution in [0.5, 0.6) is 0 Å². The van der Waals surface area contributed by atoms with E-state index in [4.69, 9.17) is 4.98 Å². The number of hydrogen-bond acceptors (Lipinski definition) is 5. The number of aromatic nitrogens is 2. The predicted molar refractivity (Wildman–Crippen MR) is 223 cm³/mol. The first-order valence-corrected chi connectivity index (χ1v) is 18.5. The van der Waals surface area contributed by atoms with E-state index in [1.165, 1.54) is 9.80 Å². The Bertz CT molecular complexity index is 3210. The number of carbonyl (C=O) groups is 4. The monoisotopic (exact) mass is 736 g/mol. The van der Waals surface area contributed by atoms with Gasteiger partial charge in [0.15, 0.2) is 0 Å². The molecule has 1 aromatic heterocycles. The number of imidazole rings is 1. The van der Waals surface area contributed by atoms with Crippen molar-refractivity contribution >= 4 is 67.6 Å². The SMILES string of the molecule is O=C1c2cc3ccccc3c(-c3ccccc3)c2C(=O)N1c1ccc(-c2nc3cc(N4C(=O)c5cc6ccccc6c(-c6ccccc6)c5C4=O)ccc3[nH]2)cc1. The molecule has 57 heavy (non-hydrogen) atoms. The van der Waals surface area contributed by atoms with Crippen LogP contribution in [0.15, 0.2) is 164 Å². The van der Waals surface area contributed by atoms with Crippen molar-refractivity contribution in [2.24, 2.45) is 0 Å². The summed E-state index contributed by atoms with van der Waals surface area (Å²) in [7, 11) is 0. The van der Waals surface area contributed by atoms with Crippen LogP contribution >= 0.6 is 0 Å². The fourth-order valence-corrected chi connectivity index (χ4v) is 8.44. The van der Waals surface area contributed by atoms with Gasteiger partial charge in [0.1, 0.15) is 5.82 Å². The number of rotatable bonds is 5. The molecule has 2 aliphatic heterocycles. The van der Waals surface area contributed by atoms with E-state index in [-0.39, 0.29) is 23.6 Å². The number of amides is 4. The van der Waals surface area contributed by atoms with E-state index in [0.29, 0.717) is 50.5 Å². The highest BCUT2D eigenvalue weighted by Crippen LogP contribution is 2.42. The largest absolute Gasteiger partial charge is 0.338 e. The number of imide groups is 2. The fraction of sp³-hybridized carbons (Fsp3) is 0. The zero-order valence-corrected chi connectivity index (χ0v) is 30.1. The molecule has 268 valence electrons. The Morgan fingerprint density at radius 2 is 0.877 bits per heavy atom. The Morgan fingerprint density at radius 1 is 0.404 bits per heavy atom. The lowest BCUT2D eigenvalue weighted by Gasteiger charge is -2.15. The van der Waals surface area contributed by atoms with Crippen LogP contribution in [0.4, 0.5) is 11.4 Å². The molecule has 0 radical (unpaired) electrons. The molecule has 4 amide bonds. The molecule has 0 unspecified atom stereocenters. The van der Waals surface area contributed by atoms with Gasteiger partial charge in [-0.05, 0) is 87.3 Å². The number of hydrogen-bond donors (Lipinski definition) is 1. The summed E-state index contributed by atoms with van der Waals surface area (Å²) in [4.78, 5) is 67.0. The summed E-state index contributed by atoms with van der Waals surface area (Å²) in [5, 5.41) is 3.57. The summed E-state index contributed by atoms with van der Waals surface area (Å²) >= 11 is 0. The Kier molecular flexibility index (Phi) is 6.99. The van der Waals surface area contributed by atoms with E-state index in [1.54, 1.807) is 42.5 Å². The number of H-pyrrole nitrogens is 1. The summed E-state index contributed by atoms with van der Waals surface area (Å²) in [6, 6.07) is 50.9. The zero-order valence-electron chi connectivity index (χ0n) is 30.1. The molecule has 0 fully saturated rings. The number of nitrogens with zero attached hydrogens (tertiary/aromatic N) is 3. The topological polar surface area (TPSA) is 103 Å². The van der Waals surface area contributed by atoms with Gasteiger partial charge in [-0.1, -0.05) is 109 Å². The normalized spacial score (nSPS) is 13.7. The van der Waals surface area contributed by atoms with Crippen LogP contribution in [0.2, 0.25) is 0 Å². The van der Waals surface area contributed by atoms with Gasteiger partial charge in [-0.15, -0.1) is 0 Å². The minimum absolute atomic E-state index is 0.364. The van der Waals surface area contributed by atoms with Gasteiger partial charge in [0, 0.05) is 16.7 Å². The number of nitrogens with one attached hydrogen (secondary N) is 1. The Hall–Kier alpha value is -7.97. The van der Waals surface area contributed by atoms with Crippen molar-refractivity contribution in [3.63, 3.8) is 0 Å². The van der Waals surface area contributed by atoms with Crippen molar-refractivity contribution in [2.75, 3.05) is 9.80 Å². The van der Waals surface area contributed by atoms with Crippen molar-refractivity contribution in [2.45, 2.75) is 0 Å². The maximum absolute atomic E-state index is 14.2. The molecule has 8 aromatic carbocycles. The minimum Gasteiger partial charge on any atom is -0.338 e. The number of aromatic amines is 1. The highest BCUT2D eigenvalue weighted by molar-refractivity contribution is 6.39. The number of carbonyl (C=O) groups excluding carboxylic acids is 4. The van der Waals surface area contributed by atoms with Gasteiger partial charge in [-0.3, -0.25) is 19.2 Å². The van der Waals surface area contributed by atoms with Crippen molar-refractivity contribution < 1.29 is 19.2 Å². The maximum atomic E-state index is 14.2. The summed E-state index contributed by atoms with van der Waals surface area (Å²) < 4.78 is 0. The van der Waals surface area contributed by atoms with Crippen molar-refractivity contribution in [3.05, 3.63) is 186 Å². The summed E-state index contributed by atoms with van der Waals surface area (Å²) in [5.41, 5.74) is 7.59. The second kappa shape index (κ2) is 12.3. The molecule has 1 N–H and O–H groups in total. The molecular formula is C49H28N4O4. The lowest BCUT2D eigenvalue weighted by atomic mass is 9.90. The first kappa shape index (κ1) is 32.5. The van der Waals surface area contributed by atoms with Gasteiger partial charge >= 0.3 is 0 Å². The third-order valence-corrected chi connectivity index (χ3v) is 11.0. The molecule has 0 saturated carbocycles. The number of benzene rings is 8. The third kappa shape index (κ3) is 4.84. The van der Waals surface area contributed by atoms with Crippen LogP contribution in [0, 0.1) is 0 Å². The van der Waals surface area contributed by atoms with E-state index in [9.17, 15) is 19.2 Å². The molecule has 0 aliphatic carbocycles. The molecule has 0 atom stereocenters. The first-order chi connectivity index (χ1) is 27.9. The first-order valence-electron chi connectivity index (χ1n) is 18.5. The highest BCUT2D eigenvalue weighted by Gasteiger charge is 2.41. The molecule has 2 aliphatic rings. The molecule has 0 bridgehead atoms. The fourth-order valence-electron chi connectivity index (χ4n) is 8.44. The summed E-state index contributed by atoms with van der Waals surface area (Å²) in [6.07, 6.45) is 0. The van der Waals surface area contributed by atoms with E-state index < -0.39 is 0 Å². The predicted octanol–water partition coefficient (Wildman–Crippen LogP) is 10.5. The summed E-state index contributed by atoms with van der Waals surface area (Å²) in [5.74, 6) is -0.975. The van der Waals surface area contributed by atoms with Crippen molar-refractivity contribution in [3.8, 4) is 33.6 Å². The molecule has 0 spiro atoms. The van der Waals surface area contributed by atoms with Crippen LogP contribution in [0.1, 0.15) is 41.4 Å². The maximum Gasteiger partial charge on any atom is 0.266 e. The van der Waals surface area contributed by atoms with Gasteiger partial charge in [0.2, 0.25) is 0 Å². The number of fused-ring (bicyclic) bond motifs is 5. The molecule has 8 heteroatoms. The van der Waals surface area contributed by atoms with Gasteiger partial charge in [0.25, 0.3) is 23.6 Å². The van der Waals surface area contributed by atoms with Crippen LogP contribution in [0.25, 0.3) is 66.2 Å². The van der Waals surface area contributed by atoms with Gasteiger partial charge < -0.3 is 4.98 Å². The Balaban J connectivity index is 0.922. The average molecular weight is 737 g/mol. The Labute approximate surface area is 325 Å². The Morgan fingerprint density at radius 3 is 1.42 bits per heavy atom. The lowest BCUT2D eigenvalue weighted by molar-refractivity contribution is 0.0910. The van der Waals surface area contributed by atoms with E-state index in [2.05, 4.69) is 4.98 Å². The summed E-state index contributed by atoms with van der Waals surface area (Å²) in [6.45, 7) is 0. The molecule has 8 nitrogen and oxygen atoms in total. The van der Waals surface area contributed by atoms with Crippen LogP contribution in [-0.2, 0) is 0 Å². The van der Waals surface area contributed by atoms with E-state index in [0.717, 1.165) is 49.4 Å². The second-order valence-corrected chi connectivity index (χ2v) is 14.2. The van der Waals surface area contributed by atoms with Crippen molar-refractivity contribution in [1.82, 2.24) is 9.97 Å². The standard InChI is InChI=1S/C49H28N4O4/c54-46-37-25-31-15-7-9-17-35(31)41(28-11-3-1-4-12-28)43(37)48(56)52(46)33-21-19-30(20-22-33)45-50-39-24-23-34(27-40(39)51-45)53-47(55)38-26-32-16-8-10-18-36(32)42(44(38)49(53)57)29-13-5-2-6-14-29/h1-27H,(H,50,51). The average Bonchev–Trinajstić information content (AvgIpc) is 3.87. The lowest BCUT2D eigenvalue weighted by Crippen LogP contribution is -2.29. The third-order valence-electron chi connectivity index (χ3n) is 11.0. The highest BCUT2D eigenvalue weighted by atomic mass is 16.2. The quantitative estimate of drug-likeness (QED) is 0.177. The molecule has 3 heterocycles. The molecule has 11 rings (SSSR count). The molecular weight excluding hydrogens is 709 g/mol. The van der Waals surface area contributed by atoms with E-state index >= 15 is 0 Å². The van der Waals surface area contributed by atoms with Gasteiger partial charge in [-0.25, -0.2) is 14.8 Å². The minimum atomic E-state index is -0.388. The van der Waals surface area contributed by atoms with Crippen molar-refractivity contribution in [1.29, 1.82) is 0 Å². The van der Waals surface area contributed by atoms with Crippen LogP contribution in [0.3, 0.4) is 0 Å². The molecule has 0 saturated heterocycles. The van der Waals surface area contributed by atoms with Crippen LogP contribution < -0.4 is 9.80 Å². The van der Waals surface area contributed by atoms with Gasteiger partial charge in [-0.2, -0.15) is 0 Å².